The Morgan fingerprint density at radius 2 is 1.78 bits per heavy atom. The number of nitrogens with zero attached hydrogens (tertiary/aromatic N) is 5. The molecule has 27 heavy (non-hydrogen) atoms. The lowest BCUT2D eigenvalue weighted by molar-refractivity contribution is 0.142. The van der Waals surface area contributed by atoms with Crippen LogP contribution in [0.3, 0.4) is 0 Å². The van der Waals surface area contributed by atoms with Crippen molar-refractivity contribution < 1.29 is 9.90 Å². The molecule has 3 heterocycles. The molecular weight excluding hydrogens is 346 g/mol. The SMILES string of the molecule is Nc1ccc2cnc(Nc3ccc(N4CCN(C(=O)O)CC4)cc3)nc2n1. The highest BCUT2D eigenvalue weighted by Crippen LogP contribution is 2.22. The van der Waals surface area contributed by atoms with Gasteiger partial charge in [0.1, 0.15) is 5.82 Å². The van der Waals surface area contributed by atoms with Gasteiger partial charge in [0.05, 0.1) is 0 Å². The van der Waals surface area contributed by atoms with E-state index in [2.05, 4.69) is 25.2 Å². The van der Waals surface area contributed by atoms with E-state index in [-0.39, 0.29) is 0 Å². The van der Waals surface area contributed by atoms with Crippen LogP contribution in [0.2, 0.25) is 0 Å². The molecule has 1 saturated heterocycles. The molecule has 1 aromatic carbocycles. The van der Waals surface area contributed by atoms with Gasteiger partial charge < -0.3 is 26.0 Å². The predicted octanol–water partition coefficient (Wildman–Crippen LogP) is 2.15. The summed E-state index contributed by atoms with van der Waals surface area (Å²) in [5.74, 6) is 0.864. The van der Waals surface area contributed by atoms with Crippen LogP contribution in [0.25, 0.3) is 11.0 Å². The number of carbonyl (C=O) groups is 1. The Kier molecular flexibility index (Phi) is 4.33. The number of nitrogens with two attached hydrogens (primary N) is 1. The lowest BCUT2D eigenvalue weighted by atomic mass is 10.2. The van der Waals surface area contributed by atoms with Gasteiger partial charge in [0.2, 0.25) is 5.95 Å². The van der Waals surface area contributed by atoms with E-state index < -0.39 is 6.09 Å². The minimum Gasteiger partial charge on any atom is -0.465 e. The first-order valence-corrected chi connectivity index (χ1v) is 8.58. The third-order valence-corrected chi connectivity index (χ3v) is 4.50. The molecule has 0 radical (unpaired) electrons. The Balaban J connectivity index is 1.44. The van der Waals surface area contributed by atoms with E-state index in [1.807, 2.05) is 30.3 Å². The molecule has 1 amide bonds. The van der Waals surface area contributed by atoms with Crippen molar-refractivity contribution in [1.29, 1.82) is 0 Å². The fourth-order valence-electron chi connectivity index (χ4n) is 3.02. The number of hydrogen-bond donors (Lipinski definition) is 3. The van der Waals surface area contributed by atoms with Crippen molar-refractivity contribution in [3.8, 4) is 0 Å². The number of piperazine rings is 1. The quantitative estimate of drug-likeness (QED) is 0.646. The number of nitrogen functional groups attached to an aromatic ring is 1. The number of amides is 1. The highest BCUT2D eigenvalue weighted by Gasteiger charge is 2.20. The van der Waals surface area contributed by atoms with Crippen LogP contribution in [0.1, 0.15) is 0 Å². The van der Waals surface area contributed by atoms with Gasteiger partial charge in [-0.1, -0.05) is 0 Å². The van der Waals surface area contributed by atoms with Crippen molar-refractivity contribution in [2.45, 2.75) is 0 Å². The molecule has 9 nitrogen and oxygen atoms in total. The Hall–Kier alpha value is -3.62. The fraction of sp³-hybridized carbons (Fsp3) is 0.222. The van der Waals surface area contributed by atoms with Crippen molar-refractivity contribution in [3.63, 3.8) is 0 Å². The highest BCUT2D eigenvalue weighted by molar-refractivity contribution is 5.76. The summed E-state index contributed by atoms with van der Waals surface area (Å²) in [6, 6.07) is 11.4. The zero-order valence-electron chi connectivity index (χ0n) is 14.5. The standard InChI is InChI=1S/C18H19N7O2/c19-15-6-1-12-11-20-17(23-16(12)22-15)21-13-2-4-14(5-3-13)24-7-9-25(10-8-24)18(26)27/h1-6,11H,7-10H2,(H,26,27)(H3,19,20,21,22,23). The molecular formula is C18H19N7O2. The number of hydrogen-bond acceptors (Lipinski definition) is 7. The van der Waals surface area contributed by atoms with Gasteiger partial charge in [-0.05, 0) is 36.4 Å². The average Bonchev–Trinajstić information content (AvgIpc) is 2.68. The normalized spacial score (nSPS) is 14.4. The number of benzene rings is 1. The smallest absolute Gasteiger partial charge is 0.407 e. The van der Waals surface area contributed by atoms with E-state index in [1.54, 1.807) is 12.3 Å². The molecule has 0 atom stereocenters. The molecule has 1 aliphatic rings. The van der Waals surface area contributed by atoms with Crippen LogP contribution >= 0.6 is 0 Å². The Morgan fingerprint density at radius 1 is 1.04 bits per heavy atom. The van der Waals surface area contributed by atoms with Gasteiger partial charge in [-0.2, -0.15) is 4.98 Å². The second-order valence-electron chi connectivity index (χ2n) is 6.27. The van der Waals surface area contributed by atoms with Gasteiger partial charge in [-0.3, -0.25) is 0 Å². The molecule has 3 aromatic rings. The van der Waals surface area contributed by atoms with Crippen LogP contribution in [-0.2, 0) is 0 Å². The maximum atomic E-state index is 11.0. The molecule has 0 bridgehead atoms. The summed E-state index contributed by atoms with van der Waals surface area (Å²) < 4.78 is 0. The van der Waals surface area contributed by atoms with Crippen LogP contribution in [0.4, 0.5) is 27.9 Å². The van der Waals surface area contributed by atoms with E-state index in [1.165, 1.54) is 4.90 Å². The monoisotopic (exact) mass is 365 g/mol. The second-order valence-corrected chi connectivity index (χ2v) is 6.27. The summed E-state index contributed by atoms with van der Waals surface area (Å²) in [5.41, 5.74) is 8.16. The van der Waals surface area contributed by atoms with Crippen molar-refractivity contribution >= 4 is 40.3 Å². The molecule has 0 unspecified atom stereocenters. The zero-order chi connectivity index (χ0) is 18.8. The van der Waals surface area contributed by atoms with Gasteiger partial charge >= 0.3 is 6.09 Å². The Labute approximate surface area is 155 Å². The lowest BCUT2D eigenvalue weighted by Gasteiger charge is -2.34. The molecule has 0 spiro atoms. The summed E-state index contributed by atoms with van der Waals surface area (Å²) >= 11 is 0. The summed E-state index contributed by atoms with van der Waals surface area (Å²) in [7, 11) is 0. The largest absolute Gasteiger partial charge is 0.465 e. The molecule has 9 heteroatoms. The van der Waals surface area contributed by atoms with Crippen molar-refractivity contribution in [3.05, 3.63) is 42.6 Å². The lowest BCUT2D eigenvalue weighted by Crippen LogP contribution is -2.48. The number of fused-ring (bicyclic) bond motifs is 1. The van der Waals surface area contributed by atoms with E-state index in [4.69, 9.17) is 10.8 Å². The molecule has 138 valence electrons. The minimum absolute atomic E-state index is 0.416. The first-order chi connectivity index (χ1) is 13.1. The summed E-state index contributed by atoms with van der Waals surface area (Å²) in [6.45, 7) is 2.38. The summed E-state index contributed by atoms with van der Waals surface area (Å²) in [5, 5.41) is 13.0. The number of rotatable bonds is 3. The van der Waals surface area contributed by atoms with E-state index in [0.717, 1.165) is 16.8 Å². The number of anilines is 4. The van der Waals surface area contributed by atoms with Crippen LogP contribution in [0.5, 0.6) is 0 Å². The molecule has 4 rings (SSSR count). The molecule has 2 aromatic heterocycles. The first-order valence-electron chi connectivity index (χ1n) is 8.58. The van der Waals surface area contributed by atoms with Gasteiger partial charge in [0.15, 0.2) is 5.65 Å². The van der Waals surface area contributed by atoms with E-state index >= 15 is 0 Å². The van der Waals surface area contributed by atoms with Gasteiger partial charge in [0.25, 0.3) is 0 Å². The van der Waals surface area contributed by atoms with Gasteiger partial charge in [-0.15, -0.1) is 0 Å². The molecule has 1 fully saturated rings. The molecule has 1 aliphatic heterocycles. The topological polar surface area (TPSA) is 121 Å². The molecule has 0 saturated carbocycles. The fourth-order valence-corrected chi connectivity index (χ4v) is 3.02. The molecule has 0 aliphatic carbocycles. The van der Waals surface area contributed by atoms with Gasteiger partial charge in [-0.25, -0.2) is 14.8 Å². The minimum atomic E-state index is -0.860. The zero-order valence-corrected chi connectivity index (χ0v) is 14.5. The first kappa shape index (κ1) is 16.8. The number of carboxylic acid groups (broad SMARTS) is 1. The number of pyridine rings is 1. The predicted molar refractivity (Wildman–Crippen MR) is 103 cm³/mol. The van der Waals surface area contributed by atoms with Crippen molar-refractivity contribution in [2.75, 3.05) is 42.1 Å². The maximum absolute atomic E-state index is 11.0. The maximum Gasteiger partial charge on any atom is 0.407 e. The van der Waals surface area contributed by atoms with Crippen molar-refractivity contribution in [1.82, 2.24) is 19.9 Å². The second kappa shape index (κ2) is 6.94. The third kappa shape index (κ3) is 3.66. The highest BCUT2D eigenvalue weighted by atomic mass is 16.4. The van der Waals surface area contributed by atoms with Crippen LogP contribution in [0, 0.1) is 0 Å². The number of aromatic nitrogens is 3. The van der Waals surface area contributed by atoms with Crippen LogP contribution < -0.4 is 16.0 Å². The van der Waals surface area contributed by atoms with Crippen LogP contribution in [-0.4, -0.2) is 57.2 Å². The molecule has 4 N–H and O–H groups in total. The van der Waals surface area contributed by atoms with E-state index in [9.17, 15) is 4.79 Å². The van der Waals surface area contributed by atoms with Crippen molar-refractivity contribution in [2.24, 2.45) is 0 Å². The summed E-state index contributed by atoms with van der Waals surface area (Å²) in [4.78, 5) is 27.5. The van der Waals surface area contributed by atoms with Gasteiger partial charge in [0, 0.05) is 49.1 Å². The third-order valence-electron chi connectivity index (χ3n) is 4.50. The van der Waals surface area contributed by atoms with E-state index in [0.29, 0.717) is 43.6 Å². The average molecular weight is 365 g/mol. The van der Waals surface area contributed by atoms with Crippen LogP contribution in [0.15, 0.2) is 42.6 Å². The summed E-state index contributed by atoms with van der Waals surface area (Å²) in [6.07, 6.45) is 0.841. The Bertz CT molecular complexity index is 969. The Morgan fingerprint density at radius 3 is 2.48 bits per heavy atom. The number of nitrogens with one attached hydrogen (secondary N) is 1.